The van der Waals surface area contributed by atoms with E-state index in [2.05, 4.69) is 31.9 Å². The van der Waals surface area contributed by atoms with E-state index >= 15 is 0 Å². The van der Waals surface area contributed by atoms with Crippen LogP contribution in [-0.2, 0) is 0 Å². The minimum atomic E-state index is -0.496. The number of hydrogen-bond acceptors (Lipinski definition) is 2. The SMILES string of the molecule is COc1c(Br)cc(C(=O)Cl)cc1Br. The normalized spacial score (nSPS) is 9.85. The van der Waals surface area contributed by atoms with Crippen LogP contribution in [0.3, 0.4) is 0 Å². The van der Waals surface area contributed by atoms with Gasteiger partial charge in [-0.25, -0.2) is 0 Å². The number of hydrogen-bond donors (Lipinski definition) is 0. The molecular weight excluding hydrogens is 323 g/mol. The summed E-state index contributed by atoms with van der Waals surface area (Å²) >= 11 is 11.8. The first-order valence-electron chi connectivity index (χ1n) is 3.29. The number of ether oxygens (including phenoxy) is 1. The van der Waals surface area contributed by atoms with Crippen LogP contribution in [0.5, 0.6) is 5.75 Å². The van der Waals surface area contributed by atoms with Crippen molar-refractivity contribution >= 4 is 48.7 Å². The summed E-state index contributed by atoms with van der Waals surface area (Å²) in [6.07, 6.45) is 0. The van der Waals surface area contributed by atoms with E-state index in [1.165, 1.54) is 0 Å². The Bertz CT molecular complexity index is 329. The quantitative estimate of drug-likeness (QED) is 0.776. The van der Waals surface area contributed by atoms with Crippen molar-refractivity contribution in [3.05, 3.63) is 26.6 Å². The van der Waals surface area contributed by atoms with Crippen LogP contribution in [0.1, 0.15) is 10.4 Å². The fourth-order valence-corrected chi connectivity index (χ4v) is 2.49. The number of carbonyl (C=O) groups is 1. The molecule has 0 bridgehead atoms. The van der Waals surface area contributed by atoms with Gasteiger partial charge in [-0.3, -0.25) is 4.79 Å². The summed E-state index contributed by atoms with van der Waals surface area (Å²) in [4.78, 5) is 10.8. The smallest absolute Gasteiger partial charge is 0.252 e. The van der Waals surface area contributed by atoms with Gasteiger partial charge in [-0.15, -0.1) is 0 Å². The van der Waals surface area contributed by atoms with Gasteiger partial charge in [0, 0.05) is 5.56 Å². The molecule has 0 saturated carbocycles. The lowest BCUT2D eigenvalue weighted by Gasteiger charge is -2.06. The Balaban J connectivity index is 3.28. The highest BCUT2D eigenvalue weighted by Gasteiger charge is 2.10. The van der Waals surface area contributed by atoms with Crippen LogP contribution in [0.4, 0.5) is 0 Å². The van der Waals surface area contributed by atoms with E-state index < -0.39 is 5.24 Å². The predicted octanol–water partition coefficient (Wildman–Crippen LogP) is 3.60. The second-order valence-electron chi connectivity index (χ2n) is 2.25. The van der Waals surface area contributed by atoms with E-state index in [1.54, 1.807) is 19.2 Å². The summed E-state index contributed by atoms with van der Waals surface area (Å²) in [6.45, 7) is 0. The topological polar surface area (TPSA) is 26.3 Å². The molecule has 5 heteroatoms. The van der Waals surface area contributed by atoms with E-state index in [-0.39, 0.29) is 0 Å². The average Bonchev–Trinajstić information content (AvgIpc) is 2.03. The number of benzene rings is 1. The molecule has 0 unspecified atom stereocenters. The van der Waals surface area contributed by atoms with Crippen molar-refractivity contribution in [2.75, 3.05) is 7.11 Å². The van der Waals surface area contributed by atoms with Gasteiger partial charge in [-0.1, -0.05) is 0 Å². The first-order chi connectivity index (χ1) is 6.06. The summed E-state index contributed by atoms with van der Waals surface area (Å²) < 4.78 is 6.44. The highest BCUT2D eigenvalue weighted by molar-refractivity contribution is 9.11. The molecule has 1 aromatic carbocycles. The van der Waals surface area contributed by atoms with Gasteiger partial charge in [0.15, 0.2) is 0 Å². The number of methoxy groups -OCH3 is 1. The molecule has 0 fully saturated rings. The molecule has 70 valence electrons. The van der Waals surface area contributed by atoms with Crippen LogP contribution < -0.4 is 4.74 Å². The summed E-state index contributed by atoms with van der Waals surface area (Å²) in [5.74, 6) is 0.640. The summed E-state index contributed by atoms with van der Waals surface area (Å²) in [7, 11) is 1.55. The van der Waals surface area contributed by atoms with E-state index in [4.69, 9.17) is 16.3 Å². The van der Waals surface area contributed by atoms with E-state index in [0.29, 0.717) is 20.3 Å². The molecule has 0 aromatic heterocycles. The molecule has 0 saturated heterocycles. The second kappa shape index (κ2) is 4.44. The number of halogens is 3. The first kappa shape index (κ1) is 11.0. The van der Waals surface area contributed by atoms with Crippen LogP contribution in [-0.4, -0.2) is 12.4 Å². The van der Waals surface area contributed by atoms with Gasteiger partial charge in [-0.2, -0.15) is 0 Å². The fraction of sp³-hybridized carbons (Fsp3) is 0.125. The highest BCUT2D eigenvalue weighted by atomic mass is 79.9. The van der Waals surface area contributed by atoms with Crippen molar-refractivity contribution in [3.8, 4) is 5.75 Å². The van der Waals surface area contributed by atoms with Crippen molar-refractivity contribution in [1.82, 2.24) is 0 Å². The minimum Gasteiger partial charge on any atom is -0.494 e. The molecule has 0 N–H and O–H groups in total. The molecular formula is C8H5Br2ClO2. The zero-order valence-corrected chi connectivity index (χ0v) is 10.5. The monoisotopic (exact) mass is 326 g/mol. The molecule has 0 atom stereocenters. The molecule has 1 rings (SSSR count). The molecule has 2 nitrogen and oxygen atoms in total. The van der Waals surface area contributed by atoms with Gasteiger partial charge in [0.2, 0.25) is 0 Å². The third-order valence-corrected chi connectivity index (χ3v) is 2.83. The van der Waals surface area contributed by atoms with E-state index in [9.17, 15) is 4.79 Å². The largest absolute Gasteiger partial charge is 0.494 e. The molecule has 0 heterocycles. The fourth-order valence-electron chi connectivity index (χ4n) is 0.868. The Morgan fingerprint density at radius 1 is 1.38 bits per heavy atom. The number of carbonyl (C=O) groups excluding carboxylic acids is 1. The third kappa shape index (κ3) is 2.45. The van der Waals surface area contributed by atoms with E-state index in [0.717, 1.165) is 0 Å². The number of rotatable bonds is 2. The van der Waals surface area contributed by atoms with E-state index in [1.807, 2.05) is 0 Å². The average molecular weight is 328 g/mol. The summed E-state index contributed by atoms with van der Waals surface area (Å²) in [5, 5.41) is -0.496. The zero-order chi connectivity index (χ0) is 10.0. The van der Waals surface area contributed by atoms with Crippen molar-refractivity contribution in [3.63, 3.8) is 0 Å². The van der Waals surface area contributed by atoms with Crippen LogP contribution in [0.15, 0.2) is 21.1 Å². The third-order valence-electron chi connectivity index (χ3n) is 1.43. The van der Waals surface area contributed by atoms with Crippen LogP contribution in [0, 0.1) is 0 Å². The maximum Gasteiger partial charge on any atom is 0.252 e. The predicted molar refractivity (Wildman–Crippen MR) is 58.6 cm³/mol. The molecule has 13 heavy (non-hydrogen) atoms. The van der Waals surface area contributed by atoms with Gasteiger partial charge >= 0.3 is 0 Å². The Hall–Kier alpha value is -0.0600. The summed E-state index contributed by atoms with van der Waals surface area (Å²) in [6, 6.07) is 3.22. The van der Waals surface area contributed by atoms with Gasteiger partial charge in [0.1, 0.15) is 5.75 Å². The van der Waals surface area contributed by atoms with Crippen molar-refractivity contribution in [2.24, 2.45) is 0 Å². The first-order valence-corrected chi connectivity index (χ1v) is 5.25. The Morgan fingerprint density at radius 2 is 1.85 bits per heavy atom. The van der Waals surface area contributed by atoms with Crippen molar-refractivity contribution in [2.45, 2.75) is 0 Å². The summed E-state index contributed by atoms with van der Waals surface area (Å²) in [5.41, 5.74) is 0.418. The maximum atomic E-state index is 10.8. The molecule has 0 spiro atoms. The second-order valence-corrected chi connectivity index (χ2v) is 4.30. The Labute approximate surface area is 97.5 Å². The molecule has 0 amide bonds. The molecule has 0 aliphatic heterocycles. The Morgan fingerprint density at radius 3 is 2.15 bits per heavy atom. The van der Waals surface area contributed by atoms with Crippen molar-refractivity contribution in [1.29, 1.82) is 0 Å². The molecule has 0 radical (unpaired) electrons. The lowest BCUT2D eigenvalue weighted by Crippen LogP contribution is -1.92. The van der Waals surface area contributed by atoms with Crippen LogP contribution in [0.2, 0.25) is 0 Å². The Kier molecular flexibility index (Phi) is 3.76. The van der Waals surface area contributed by atoms with Gasteiger partial charge in [0.05, 0.1) is 16.1 Å². The molecule has 0 aliphatic rings. The van der Waals surface area contributed by atoms with Gasteiger partial charge in [-0.05, 0) is 55.6 Å². The zero-order valence-electron chi connectivity index (χ0n) is 6.61. The van der Waals surface area contributed by atoms with Crippen LogP contribution >= 0.6 is 43.5 Å². The van der Waals surface area contributed by atoms with Gasteiger partial charge in [0.25, 0.3) is 5.24 Å². The van der Waals surface area contributed by atoms with Gasteiger partial charge < -0.3 is 4.74 Å². The molecule has 1 aromatic rings. The van der Waals surface area contributed by atoms with Crippen molar-refractivity contribution < 1.29 is 9.53 Å². The minimum absolute atomic E-state index is 0.418. The lowest BCUT2D eigenvalue weighted by molar-refractivity contribution is 0.108. The standard InChI is InChI=1S/C8H5Br2ClO2/c1-13-7-5(9)2-4(8(11)12)3-6(7)10/h2-3H,1H3. The van der Waals surface area contributed by atoms with Crippen LogP contribution in [0.25, 0.3) is 0 Å². The highest BCUT2D eigenvalue weighted by Crippen LogP contribution is 2.34. The lowest BCUT2D eigenvalue weighted by atomic mass is 10.2. The molecule has 0 aliphatic carbocycles. The maximum absolute atomic E-state index is 10.8.